The second kappa shape index (κ2) is 9.71. The number of amides is 1. The number of fused-ring (bicyclic) bond motifs is 1. The molecule has 0 radical (unpaired) electrons. The van der Waals surface area contributed by atoms with Crippen molar-refractivity contribution in [1.82, 2.24) is 9.55 Å². The molecule has 2 aromatic carbocycles. The summed E-state index contributed by atoms with van der Waals surface area (Å²) in [5.41, 5.74) is -0.763. The molecule has 6 nitrogen and oxygen atoms in total. The molecule has 3 aromatic rings. The van der Waals surface area contributed by atoms with E-state index >= 15 is 0 Å². The third-order valence-electron chi connectivity index (χ3n) is 4.21. The van der Waals surface area contributed by atoms with Gasteiger partial charge in [0.25, 0.3) is 5.56 Å². The van der Waals surface area contributed by atoms with E-state index in [0.29, 0.717) is 15.9 Å². The van der Waals surface area contributed by atoms with Gasteiger partial charge in [0.15, 0.2) is 5.16 Å². The van der Waals surface area contributed by atoms with Crippen molar-refractivity contribution in [3.05, 3.63) is 63.4 Å². The molecule has 1 N–H and O–H groups in total. The van der Waals surface area contributed by atoms with Crippen molar-refractivity contribution < 1.29 is 22.7 Å². The molecule has 11 heteroatoms. The molecule has 0 saturated carbocycles. The number of carbonyl (C=O) groups is 1. The minimum Gasteiger partial charge on any atom is -0.383 e. The number of rotatable bonds is 7. The summed E-state index contributed by atoms with van der Waals surface area (Å²) in [5.74, 6) is -0.704. The van der Waals surface area contributed by atoms with Gasteiger partial charge in [0.05, 0.1) is 35.4 Å². The first-order valence-corrected chi connectivity index (χ1v) is 10.3. The molecule has 0 fully saturated rings. The summed E-state index contributed by atoms with van der Waals surface area (Å²) in [7, 11) is 1.49. The average Bonchev–Trinajstić information content (AvgIpc) is 2.71. The molecule has 0 spiro atoms. The van der Waals surface area contributed by atoms with Crippen molar-refractivity contribution in [2.45, 2.75) is 17.9 Å². The number of anilines is 1. The minimum atomic E-state index is -4.51. The van der Waals surface area contributed by atoms with E-state index in [9.17, 15) is 22.8 Å². The van der Waals surface area contributed by atoms with E-state index in [2.05, 4.69) is 10.3 Å². The number of hydrogen-bond acceptors (Lipinski definition) is 5. The second-order valence-electron chi connectivity index (χ2n) is 6.42. The van der Waals surface area contributed by atoms with Crippen LogP contribution < -0.4 is 10.9 Å². The highest BCUT2D eigenvalue weighted by Gasteiger charge is 2.30. The molecular formula is C20H17ClF3N3O3S. The predicted molar refractivity (Wildman–Crippen MR) is 114 cm³/mol. The van der Waals surface area contributed by atoms with Crippen molar-refractivity contribution in [3.63, 3.8) is 0 Å². The lowest BCUT2D eigenvalue weighted by Crippen LogP contribution is -2.26. The zero-order chi connectivity index (χ0) is 22.6. The Labute approximate surface area is 184 Å². The molecule has 0 saturated heterocycles. The van der Waals surface area contributed by atoms with Crippen LogP contribution in [-0.4, -0.2) is 34.9 Å². The molecule has 3 rings (SSSR count). The lowest BCUT2D eigenvalue weighted by atomic mass is 10.2. The molecule has 1 amide bonds. The zero-order valence-electron chi connectivity index (χ0n) is 16.2. The van der Waals surface area contributed by atoms with E-state index in [4.69, 9.17) is 16.3 Å². The molecule has 1 aromatic heterocycles. The largest absolute Gasteiger partial charge is 0.416 e. The highest BCUT2D eigenvalue weighted by molar-refractivity contribution is 7.99. The topological polar surface area (TPSA) is 73.2 Å². The summed E-state index contributed by atoms with van der Waals surface area (Å²) < 4.78 is 44.9. The molecule has 0 atom stereocenters. The molecule has 164 valence electrons. The van der Waals surface area contributed by atoms with Gasteiger partial charge in [0.1, 0.15) is 0 Å². The number of hydrogen-bond donors (Lipinski definition) is 1. The smallest absolute Gasteiger partial charge is 0.383 e. The van der Waals surface area contributed by atoms with E-state index in [1.165, 1.54) is 23.8 Å². The number of methoxy groups -OCH3 is 1. The number of benzene rings is 2. The monoisotopic (exact) mass is 471 g/mol. The number of aromatic nitrogens is 2. The Balaban J connectivity index is 1.81. The van der Waals surface area contributed by atoms with Crippen LogP contribution in [0.25, 0.3) is 10.9 Å². The Morgan fingerprint density at radius 2 is 2.03 bits per heavy atom. The molecular weight excluding hydrogens is 455 g/mol. The highest BCUT2D eigenvalue weighted by Crippen LogP contribution is 2.30. The lowest BCUT2D eigenvalue weighted by molar-refractivity contribution is -0.137. The van der Waals surface area contributed by atoms with Crippen LogP contribution in [0.2, 0.25) is 5.02 Å². The predicted octanol–water partition coefficient (Wildman–Crippen LogP) is 4.45. The fourth-order valence-corrected chi connectivity index (χ4v) is 3.76. The molecule has 0 unspecified atom stereocenters. The first kappa shape index (κ1) is 23.1. The summed E-state index contributed by atoms with van der Waals surface area (Å²) in [4.78, 5) is 29.6. The van der Waals surface area contributed by atoms with Crippen LogP contribution in [0.15, 0.2) is 52.4 Å². The van der Waals surface area contributed by atoms with Crippen LogP contribution in [0.4, 0.5) is 18.9 Å². The first-order valence-electron chi connectivity index (χ1n) is 8.98. The van der Waals surface area contributed by atoms with Gasteiger partial charge in [-0.3, -0.25) is 14.2 Å². The van der Waals surface area contributed by atoms with E-state index < -0.39 is 17.6 Å². The number of alkyl halides is 3. The van der Waals surface area contributed by atoms with Crippen LogP contribution in [0, 0.1) is 0 Å². The van der Waals surface area contributed by atoms with E-state index in [-0.39, 0.29) is 35.3 Å². The summed E-state index contributed by atoms with van der Waals surface area (Å²) in [6.45, 7) is 0.475. The SMILES string of the molecule is COCCn1c(SCC(=O)Nc2cccc(C(F)(F)F)c2)nc2cc(Cl)ccc2c1=O. The number of nitrogens with one attached hydrogen (secondary N) is 1. The minimum absolute atomic E-state index is 0.0236. The van der Waals surface area contributed by atoms with Gasteiger partial charge in [-0.05, 0) is 36.4 Å². The van der Waals surface area contributed by atoms with Crippen molar-refractivity contribution in [1.29, 1.82) is 0 Å². The van der Waals surface area contributed by atoms with Gasteiger partial charge < -0.3 is 10.1 Å². The van der Waals surface area contributed by atoms with Gasteiger partial charge in [-0.25, -0.2) is 4.98 Å². The van der Waals surface area contributed by atoms with Gasteiger partial charge in [0.2, 0.25) is 5.91 Å². The van der Waals surface area contributed by atoms with E-state index in [1.54, 1.807) is 18.2 Å². The van der Waals surface area contributed by atoms with Gasteiger partial charge >= 0.3 is 6.18 Å². The number of nitrogens with zero attached hydrogens (tertiary/aromatic N) is 2. The van der Waals surface area contributed by atoms with Crippen molar-refractivity contribution in [2.24, 2.45) is 0 Å². The van der Waals surface area contributed by atoms with Gasteiger partial charge in [-0.2, -0.15) is 13.2 Å². The molecule has 31 heavy (non-hydrogen) atoms. The molecule has 0 aliphatic rings. The maximum Gasteiger partial charge on any atom is 0.416 e. The number of ether oxygens (including phenoxy) is 1. The first-order chi connectivity index (χ1) is 14.7. The number of carbonyl (C=O) groups excluding carboxylic acids is 1. The Bertz CT molecular complexity index is 1170. The van der Waals surface area contributed by atoms with Crippen molar-refractivity contribution >= 4 is 45.9 Å². The third-order valence-corrected chi connectivity index (χ3v) is 5.42. The summed E-state index contributed by atoms with van der Waals surface area (Å²) in [6, 6.07) is 9.06. The lowest BCUT2D eigenvalue weighted by Gasteiger charge is -2.13. The molecule has 1 heterocycles. The van der Waals surface area contributed by atoms with E-state index in [1.807, 2.05) is 0 Å². The van der Waals surface area contributed by atoms with Crippen LogP contribution in [0.1, 0.15) is 5.56 Å². The molecule has 0 aliphatic heterocycles. The Morgan fingerprint density at radius 3 is 2.74 bits per heavy atom. The highest BCUT2D eigenvalue weighted by atomic mass is 35.5. The quantitative estimate of drug-likeness (QED) is 0.407. The zero-order valence-corrected chi connectivity index (χ0v) is 17.8. The fourth-order valence-electron chi connectivity index (χ4n) is 2.76. The van der Waals surface area contributed by atoms with Gasteiger partial charge in [-0.1, -0.05) is 29.4 Å². The van der Waals surface area contributed by atoms with Gasteiger partial charge in [0, 0.05) is 17.8 Å². The Kier molecular flexibility index (Phi) is 7.24. The van der Waals surface area contributed by atoms with Crippen LogP contribution >= 0.6 is 23.4 Å². The summed E-state index contributed by atoms with van der Waals surface area (Å²) in [5, 5.41) is 3.48. The van der Waals surface area contributed by atoms with Crippen molar-refractivity contribution in [3.8, 4) is 0 Å². The number of thioether (sulfide) groups is 1. The maximum absolute atomic E-state index is 12.8. The van der Waals surface area contributed by atoms with Crippen LogP contribution in [0.3, 0.4) is 0 Å². The van der Waals surface area contributed by atoms with Crippen LogP contribution in [0.5, 0.6) is 0 Å². The molecule has 0 aliphatic carbocycles. The third kappa shape index (κ3) is 5.78. The van der Waals surface area contributed by atoms with Crippen molar-refractivity contribution in [2.75, 3.05) is 24.8 Å². The maximum atomic E-state index is 12.8. The van der Waals surface area contributed by atoms with E-state index in [0.717, 1.165) is 23.9 Å². The average molecular weight is 472 g/mol. The second-order valence-corrected chi connectivity index (χ2v) is 7.80. The standard InChI is InChI=1S/C20H17ClF3N3O3S/c1-30-8-7-27-18(29)15-6-5-13(21)10-16(15)26-19(27)31-11-17(28)25-14-4-2-3-12(9-14)20(22,23)24/h2-6,9-10H,7-8,11H2,1H3,(H,25,28). The fraction of sp³-hybridized carbons (Fsp3) is 0.250. The Hall–Kier alpha value is -2.56. The number of halogens is 4. The molecule has 0 bridgehead atoms. The Morgan fingerprint density at radius 1 is 1.26 bits per heavy atom. The van der Waals surface area contributed by atoms with Gasteiger partial charge in [-0.15, -0.1) is 0 Å². The normalized spacial score (nSPS) is 11.6. The summed E-state index contributed by atoms with van der Waals surface area (Å²) in [6.07, 6.45) is -4.51. The van der Waals surface area contributed by atoms with Crippen LogP contribution in [-0.2, 0) is 22.3 Å². The summed E-state index contributed by atoms with van der Waals surface area (Å²) >= 11 is 6.98.